The molecule has 0 spiro atoms. The standard InChI is InChI=1S/5C17H20N2.10C2H6/c1-5-13-7-10-16-15(11-13)9-8-14(6-2)17(16)12(3)19-18-4;2*1-5-13-7-8-15-9-14(6-2)11-16(17(15)10-13)12(3)19-18-4;1-5-13-7-8-14(6-2)17-11-15(9-10-16(13)17)12(3)19-18-4;1-5-13-11-17(12(3)19-18-4)14(6-2)16-10-8-7-9-15(13)16;10*1-2/h5*7-11H,4-6H2,1-3H3;10*1-2H3/b3*19-12+;2*19-12-;;;;;;;;;;. The van der Waals surface area contributed by atoms with Crippen LogP contribution in [-0.2, 0) is 64.2 Å². The first-order valence-electron chi connectivity index (χ1n) is 43.8. The van der Waals surface area contributed by atoms with Gasteiger partial charge in [0.05, 0.1) is 28.6 Å². The second-order valence-electron chi connectivity index (χ2n) is 23.5. The Hall–Kier alpha value is -9.80. The van der Waals surface area contributed by atoms with Crippen molar-refractivity contribution < 1.29 is 0 Å². The van der Waals surface area contributed by atoms with E-state index in [0.29, 0.717) is 0 Å². The van der Waals surface area contributed by atoms with Crippen LogP contribution in [0, 0.1) is 0 Å². The van der Waals surface area contributed by atoms with Crippen LogP contribution in [0.15, 0.2) is 203 Å². The number of hydrogen-bond donors (Lipinski definition) is 0. The average Bonchev–Trinajstić information content (AvgIpc) is 0.808. The molecule has 10 rings (SSSR count). The van der Waals surface area contributed by atoms with Crippen LogP contribution in [0.5, 0.6) is 0 Å². The minimum atomic E-state index is 0.904. The molecule has 0 N–H and O–H groups in total. The van der Waals surface area contributed by atoms with E-state index in [1.165, 1.54) is 121 Å². The highest BCUT2D eigenvalue weighted by Crippen LogP contribution is 2.31. The first-order chi connectivity index (χ1) is 56.0. The third-order valence-electron chi connectivity index (χ3n) is 17.7. The van der Waals surface area contributed by atoms with Crippen LogP contribution < -0.4 is 0 Å². The van der Waals surface area contributed by atoms with E-state index in [-0.39, 0.29) is 0 Å². The Morgan fingerprint density at radius 1 is 0.226 bits per heavy atom. The van der Waals surface area contributed by atoms with Gasteiger partial charge >= 0.3 is 0 Å². The molecule has 0 aromatic heterocycles. The van der Waals surface area contributed by atoms with Crippen molar-refractivity contribution in [2.75, 3.05) is 0 Å². The van der Waals surface area contributed by atoms with Crippen molar-refractivity contribution in [2.45, 2.75) is 307 Å². The summed E-state index contributed by atoms with van der Waals surface area (Å²) in [5.41, 5.74) is 24.0. The summed E-state index contributed by atoms with van der Waals surface area (Å²) in [5.74, 6) is 0. The second-order valence-corrected chi connectivity index (χ2v) is 23.5. The van der Waals surface area contributed by atoms with Crippen molar-refractivity contribution in [3.63, 3.8) is 0 Å². The Labute approximate surface area is 704 Å². The molecule has 0 amide bonds. The largest absolute Gasteiger partial charge is 0.167 e. The topological polar surface area (TPSA) is 124 Å². The number of aryl methyl sites for hydroxylation is 10. The lowest BCUT2D eigenvalue weighted by Gasteiger charge is -2.14. The molecule has 10 aromatic carbocycles. The molecule has 0 aliphatic rings. The minimum Gasteiger partial charge on any atom is -0.167 e. The molecule has 0 atom stereocenters. The molecule has 0 saturated heterocycles. The van der Waals surface area contributed by atoms with Gasteiger partial charge in [-0.2, -0.15) is 51.0 Å². The molecule has 0 heterocycles. The Balaban J connectivity index is -0.000000414. The molecule has 0 unspecified atom stereocenters. The van der Waals surface area contributed by atoms with Crippen molar-refractivity contribution in [3.05, 3.63) is 235 Å². The maximum Gasteiger partial charge on any atom is 0.0680 e. The first-order valence-corrected chi connectivity index (χ1v) is 43.8. The smallest absolute Gasteiger partial charge is 0.0680 e. The highest BCUT2D eigenvalue weighted by atomic mass is 15.2. The van der Waals surface area contributed by atoms with Gasteiger partial charge in [0.1, 0.15) is 0 Å². The molecule has 0 aliphatic carbocycles. The SMILES string of the molecule is C=N/N=C(/C)c1cc(CC)c2ccccc2c1CC.C=N/N=C(/C)c1ccc2c(CC)ccc(CC)c2c1.C=N/N=C(\C)c1c(CC)ccc2cc(CC)ccc12.C=N/N=C(\C)c1cc(CC)cc2ccc(CC)cc12.C=N/N=C(\C)c1cc(CC)cc2ccc(CC)cc12.CC.CC.CC.CC.CC.CC.CC.CC.CC.CC. The molecule has 0 aliphatic heterocycles. The van der Waals surface area contributed by atoms with Gasteiger partial charge in [0, 0.05) is 55.8 Å². The summed E-state index contributed by atoms with van der Waals surface area (Å²) in [6.07, 6.45) is 10.3. The molecule has 0 fully saturated rings. The second kappa shape index (κ2) is 70.8. The fourth-order valence-electron chi connectivity index (χ4n) is 12.4. The lowest BCUT2D eigenvalue weighted by Crippen LogP contribution is -2.03. The van der Waals surface area contributed by atoms with E-state index in [1.807, 2.05) is 173 Å². The quantitative estimate of drug-likeness (QED) is 0.0533. The van der Waals surface area contributed by atoms with Crippen LogP contribution >= 0.6 is 0 Å². The van der Waals surface area contributed by atoms with Crippen LogP contribution in [0.4, 0.5) is 0 Å². The summed E-state index contributed by atoms with van der Waals surface area (Å²) < 4.78 is 0. The van der Waals surface area contributed by atoms with Crippen molar-refractivity contribution in [1.82, 2.24) is 0 Å². The summed E-state index contributed by atoms with van der Waals surface area (Å²) in [5, 5.41) is 51.7. The van der Waals surface area contributed by atoms with Crippen LogP contribution in [0.3, 0.4) is 0 Å². The highest BCUT2D eigenvalue weighted by Gasteiger charge is 2.15. The summed E-state index contributed by atoms with van der Waals surface area (Å²) in [6.45, 7) is 88.9. The van der Waals surface area contributed by atoms with Gasteiger partial charge in [0.15, 0.2) is 0 Å². The Morgan fingerprint density at radius 3 is 0.930 bits per heavy atom. The van der Waals surface area contributed by atoms with Gasteiger partial charge in [0.25, 0.3) is 0 Å². The van der Waals surface area contributed by atoms with Gasteiger partial charge in [-0.15, -0.1) is 0 Å². The van der Waals surface area contributed by atoms with E-state index in [9.17, 15) is 0 Å². The van der Waals surface area contributed by atoms with E-state index in [0.717, 1.165) is 109 Å². The number of hydrogen-bond acceptors (Lipinski definition) is 10. The van der Waals surface area contributed by atoms with Gasteiger partial charge in [-0.1, -0.05) is 335 Å². The maximum absolute atomic E-state index is 4.13. The lowest BCUT2D eigenvalue weighted by molar-refractivity contribution is 1.12. The number of fused-ring (bicyclic) bond motifs is 5. The van der Waals surface area contributed by atoms with Gasteiger partial charge in [-0.05, 0) is 238 Å². The molecular weight excluding hydrogens is 1400 g/mol. The number of rotatable bonds is 20. The fourth-order valence-corrected chi connectivity index (χ4v) is 12.4. The van der Waals surface area contributed by atoms with Crippen molar-refractivity contribution in [3.8, 4) is 0 Å². The lowest BCUT2D eigenvalue weighted by atomic mass is 9.90. The van der Waals surface area contributed by atoms with Crippen LogP contribution in [-0.4, -0.2) is 62.1 Å². The summed E-state index contributed by atoms with van der Waals surface area (Å²) in [6, 6.07) is 55.2. The molecule has 0 radical (unpaired) electrons. The molecule has 0 bridgehead atoms. The Bertz CT molecular complexity index is 4400. The Kier molecular flexibility index (Phi) is 70.0. The molecule has 0 saturated carbocycles. The Morgan fingerprint density at radius 2 is 0.539 bits per heavy atom. The first kappa shape index (κ1) is 114. The predicted octanol–water partition coefficient (Wildman–Crippen LogP) is 32.2. The average molecular weight is 1560 g/mol. The van der Waals surface area contributed by atoms with Gasteiger partial charge in [-0.3, -0.25) is 0 Å². The normalized spacial score (nSPS) is 10.3. The van der Waals surface area contributed by atoms with Crippen molar-refractivity contribution in [2.24, 2.45) is 51.0 Å². The van der Waals surface area contributed by atoms with Crippen molar-refractivity contribution in [1.29, 1.82) is 0 Å². The summed E-state index contributed by atoms with van der Waals surface area (Å²) >= 11 is 0. The highest BCUT2D eigenvalue weighted by molar-refractivity contribution is 6.13. The minimum absolute atomic E-state index is 0.904. The van der Waals surface area contributed by atoms with E-state index >= 15 is 0 Å². The summed E-state index contributed by atoms with van der Waals surface area (Å²) in [7, 11) is 0. The van der Waals surface area contributed by atoms with E-state index < -0.39 is 0 Å². The molecule has 10 heteroatoms. The zero-order chi connectivity index (χ0) is 89.1. The van der Waals surface area contributed by atoms with Gasteiger partial charge in [0.2, 0.25) is 0 Å². The zero-order valence-corrected chi connectivity index (χ0v) is 79.5. The molecule has 630 valence electrons. The number of nitrogens with zero attached hydrogens (tertiary/aromatic N) is 10. The van der Waals surface area contributed by atoms with E-state index in [1.54, 1.807) is 0 Å². The maximum atomic E-state index is 4.13. The fraction of sp³-hybridized carbons (Fsp3) is 0.429. The summed E-state index contributed by atoms with van der Waals surface area (Å²) in [4.78, 5) is 0. The van der Waals surface area contributed by atoms with Crippen LogP contribution in [0.25, 0.3) is 53.9 Å². The molecular formula is C105H160N10. The van der Waals surface area contributed by atoms with Crippen molar-refractivity contribution >= 4 is 116 Å². The van der Waals surface area contributed by atoms with Gasteiger partial charge in [-0.25, -0.2) is 0 Å². The third kappa shape index (κ3) is 35.9. The van der Waals surface area contributed by atoms with Gasteiger partial charge < -0.3 is 0 Å². The van der Waals surface area contributed by atoms with E-state index in [4.69, 9.17) is 0 Å². The molecule has 115 heavy (non-hydrogen) atoms. The zero-order valence-electron chi connectivity index (χ0n) is 79.5. The predicted molar refractivity (Wildman–Crippen MR) is 536 cm³/mol. The van der Waals surface area contributed by atoms with Crippen LogP contribution in [0.1, 0.15) is 326 Å². The van der Waals surface area contributed by atoms with E-state index in [2.05, 4.69) is 305 Å². The monoisotopic (exact) mass is 1560 g/mol. The van der Waals surface area contributed by atoms with Crippen LogP contribution in [0.2, 0.25) is 0 Å². The molecule has 10 aromatic rings. The third-order valence-corrected chi connectivity index (χ3v) is 17.7. The number of benzene rings is 10. The molecule has 10 nitrogen and oxygen atoms in total.